The summed E-state index contributed by atoms with van der Waals surface area (Å²) in [5.74, 6) is 0.514. The summed E-state index contributed by atoms with van der Waals surface area (Å²) in [6.07, 6.45) is 0.584. The van der Waals surface area contributed by atoms with E-state index >= 15 is 0 Å². The van der Waals surface area contributed by atoms with Gasteiger partial charge >= 0.3 is 0 Å². The number of ether oxygens (including phenoxy) is 1. The van der Waals surface area contributed by atoms with Crippen LogP contribution in [0.2, 0.25) is 5.02 Å². The molecule has 1 amide bonds. The number of carbonyl (C=O) groups is 1. The van der Waals surface area contributed by atoms with E-state index in [0.29, 0.717) is 22.8 Å². The molecule has 1 aliphatic rings. The van der Waals surface area contributed by atoms with Gasteiger partial charge in [0.15, 0.2) is 9.84 Å². The van der Waals surface area contributed by atoms with E-state index in [4.69, 9.17) is 16.3 Å². The van der Waals surface area contributed by atoms with Gasteiger partial charge in [0, 0.05) is 16.6 Å². The maximum Gasteiger partial charge on any atom is 0.224 e. The molecule has 0 aliphatic carbocycles. The lowest BCUT2D eigenvalue weighted by atomic mass is 10.1. The second-order valence-electron chi connectivity index (χ2n) is 4.80. The van der Waals surface area contributed by atoms with Gasteiger partial charge in [-0.2, -0.15) is 0 Å². The number of hydrogen-bond acceptors (Lipinski definition) is 4. The SMILES string of the molecule is COc1ccc(Cl)cc1CC(=O)N[C@@H]1CCS(=O)(=O)C1. The number of hydrogen-bond donors (Lipinski definition) is 1. The average molecular weight is 318 g/mol. The minimum atomic E-state index is -2.99. The van der Waals surface area contributed by atoms with Crippen molar-refractivity contribution < 1.29 is 17.9 Å². The van der Waals surface area contributed by atoms with Crippen molar-refractivity contribution in [2.75, 3.05) is 18.6 Å². The number of rotatable bonds is 4. The normalized spacial score (nSPS) is 20.6. The van der Waals surface area contributed by atoms with E-state index in [1.165, 1.54) is 7.11 Å². The zero-order valence-electron chi connectivity index (χ0n) is 11.1. The summed E-state index contributed by atoms with van der Waals surface area (Å²) in [5.41, 5.74) is 0.679. The first-order valence-electron chi connectivity index (χ1n) is 6.22. The molecule has 1 saturated heterocycles. The van der Waals surface area contributed by atoms with Crippen molar-refractivity contribution >= 4 is 27.3 Å². The fraction of sp³-hybridized carbons (Fsp3) is 0.462. The Morgan fingerprint density at radius 3 is 2.85 bits per heavy atom. The fourth-order valence-corrected chi connectivity index (χ4v) is 4.11. The van der Waals surface area contributed by atoms with Gasteiger partial charge in [-0.05, 0) is 24.6 Å². The minimum Gasteiger partial charge on any atom is -0.496 e. The van der Waals surface area contributed by atoms with Crippen LogP contribution in [0, 0.1) is 0 Å². The van der Waals surface area contributed by atoms with Gasteiger partial charge in [-0.25, -0.2) is 8.42 Å². The Morgan fingerprint density at radius 1 is 1.50 bits per heavy atom. The summed E-state index contributed by atoms with van der Waals surface area (Å²) in [6.45, 7) is 0. The Bertz CT molecular complexity index is 615. The lowest BCUT2D eigenvalue weighted by Gasteiger charge is -2.12. The largest absolute Gasteiger partial charge is 0.496 e. The third kappa shape index (κ3) is 3.86. The van der Waals surface area contributed by atoms with E-state index in [-0.39, 0.29) is 29.9 Å². The molecule has 0 saturated carbocycles. The molecule has 1 atom stereocenters. The number of carbonyl (C=O) groups excluding carboxylic acids is 1. The van der Waals surface area contributed by atoms with E-state index in [1.807, 2.05) is 0 Å². The Kier molecular flexibility index (Phi) is 4.55. The molecule has 1 aromatic rings. The standard InChI is InChI=1S/C13H16ClNO4S/c1-19-12-3-2-10(14)6-9(12)7-13(16)15-11-4-5-20(17,18)8-11/h2-3,6,11H,4-5,7-8H2,1H3,(H,15,16)/t11-/m1/s1. The molecule has 1 fully saturated rings. The molecule has 0 unspecified atom stereocenters. The molecule has 0 spiro atoms. The van der Waals surface area contributed by atoms with Gasteiger partial charge in [0.05, 0.1) is 25.0 Å². The summed E-state index contributed by atoms with van der Waals surface area (Å²) in [5, 5.41) is 3.26. The van der Waals surface area contributed by atoms with Crippen LogP contribution in [-0.2, 0) is 21.1 Å². The molecule has 5 nitrogen and oxygen atoms in total. The Balaban J connectivity index is 2.00. The van der Waals surface area contributed by atoms with Crippen LogP contribution in [-0.4, -0.2) is 39.0 Å². The smallest absolute Gasteiger partial charge is 0.224 e. The number of sulfone groups is 1. The van der Waals surface area contributed by atoms with E-state index in [2.05, 4.69) is 5.32 Å². The Morgan fingerprint density at radius 2 is 2.25 bits per heavy atom. The van der Waals surface area contributed by atoms with Crippen LogP contribution in [0.4, 0.5) is 0 Å². The van der Waals surface area contributed by atoms with Crippen molar-refractivity contribution in [3.63, 3.8) is 0 Å². The summed E-state index contributed by atoms with van der Waals surface area (Å²) in [6, 6.07) is 4.76. The number of benzene rings is 1. The van der Waals surface area contributed by atoms with Crippen LogP contribution in [0.3, 0.4) is 0 Å². The number of amides is 1. The highest BCUT2D eigenvalue weighted by atomic mass is 35.5. The van der Waals surface area contributed by atoms with Crippen molar-refractivity contribution in [3.8, 4) is 5.75 Å². The summed E-state index contributed by atoms with van der Waals surface area (Å²) in [4.78, 5) is 12.0. The molecule has 20 heavy (non-hydrogen) atoms. The lowest BCUT2D eigenvalue weighted by Crippen LogP contribution is -2.36. The average Bonchev–Trinajstić information content (AvgIpc) is 2.68. The molecular formula is C13H16ClNO4S. The third-order valence-corrected chi connectivity index (χ3v) is 5.19. The van der Waals surface area contributed by atoms with Crippen LogP contribution < -0.4 is 10.1 Å². The maximum absolute atomic E-state index is 12.0. The molecule has 7 heteroatoms. The predicted octanol–water partition coefficient (Wildman–Crippen LogP) is 1.19. The zero-order valence-corrected chi connectivity index (χ0v) is 12.6. The molecular weight excluding hydrogens is 302 g/mol. The van der Waals surface area contributed by atoms with Crippen molar-refractivity contribution in [2.45, 2.75) is 18.9 Å². The molecule has 110 valence electrons. The van der Waals surface area contributed by atoms with Crippen LogP contribution >= 0.6 is 11.6 Å². The first-order valence-corrected chi connectivity index (χ1v) is 8.42. The molecule has 1 N–H and O–H groups in total. The van der Waals surface area contributed by atoms with Crippen molar-refractivity contribution in [1.29, 1.82) is 0 Å². The van der Waals surface area contributed by atoms with E-state index in [9.17, 15) is 13.2 Å². The topological polar surface area (TPSA) is 72.5 Å². The van der Waals surface area contributed by atoms with Crippen molar-refractivity contribution in [2.24, 2.45) is 0 Å². The highest BCUT2D eigenvalue weighted by molar-refractivity contribution is 7.91. The highest BCUT2D eigenvalue weighted by Crippen LogP contribution is 2.23. The molecule has 2 rings (SSSR count). The van der Waals surface area contributed by atoms with Gasteiger partial charge < -0.3 is 10.1 Å². The van der Waals surface area contributed by atoms with E-state index in [1.54, 1.807) is 18.2 Å². The molecule has 0 aromatic heterocycles. The first-order chi connectivity index (χ1) is 9.39. The number of methoxy groups -OCH3 is 1. The lowest BCUT2D eigenvalue weighted by molar-refractivity contribution is -0.121. The monoisotopic (exact) mass is 317 g/mol. The van der Waals surface area contributed by atoms with Gasteiger partial charge in [0.2, 0.25) is 5.91 Å². The van der Waals surface area contributed by atoms with Crippen molar-refractivity contribution in [1.82, 2.24) is 5.32 Å². The quantitative estimate of drug-likeness (QED) is 0.905. The highest BCUT2D eigenvalue weighted by Gasteiger charge is 2.28. The van der Waals surface area contributed by atoms with Crippen LogP contribution in [0.15, 0.2) is 18.2 Å². The van der Waals surface area contributed by atoms with Gasteiger partial charge in [0.1, 0.15) is 5.75 Å². The van der Waals surface area contributed by atoms with E-state index < -0.39 is 9.84 Å². The third-order valence-electron chi connectivity index (χ3n) is 3.19. The summed E-state index contributed by atoms with van der Waals surface area (Å²) < 4.78 is 27.8. The second-order valence-corrected chi connectivity index (χ2v) is 7.47. The molecule has 0 radical (unpaired) electrons. The predicted molar refractivity (Wildman–Crippen MR) is 76.9 cm³/mol. The number of nitrogens with one attached hydrogen (secondary N) is 1. The van der Waals surface area contributed by atoms with Crippen molar-refractivity contribution in [3.05, 3.63) is 28.8 Å². The Labute approximate surface area is 123 Å². The van der Waals surface area contributed by atoms with Crippen LogP contribution in [0.5, 0.6) is 5.75 Å². The van der Waals surface area contributed by atoms with Gasteiger partial charge in [-0.1, -0.05) is 11.6 Å². The molecule has 1 aliphatic heterocycles. The first kappa shape index (κ1) is 15.1. The van der Waals surface area contributed by atoms with E-state index in [0.717, 1.165) is 0 Å². The van der Waals surface area contributed by atoms with Gasteiger partial charge in [0.25, 0.3) is 0 Å². The fourth-order valence-electron chi connectivity index (χ4n) is 2.25. The van der Waals surface area contributed by atoms with Crippen LogP contribution in [0.1, 0.15) is 12.0 Å². The minimum absolute atomic E-state index is 0.0193. The molecule has 1 heterocycles. The Hall–Kier alpha value is -1.27. The number of halogens is 1. The zero-order chi connectivity index (χ0) is 14.8. The maximum atomic E-state index is 12.0. The second kappa shape index (κ2) is 6.01. The summed E-state index contributed by atoms with van der Waals surface area (Å²) in [7, 11) is -1.47. The van der Waals surface area contributed by atoms with Gasteiger partial charge in [-0.15, -0.1) is 0 Å². The summed E-state index contributed by atoms with van der Waals surface area (Å²) >= 11 is 5.90. The van der Waals surface area contributed by atoms with Crippen LogP contribution in [0.25, 0.3) is 0 Å². The van der Waals surface area contributed by atoms with Gasteiger partial charge in [-0.3, -0.25) is 4.79 Å². The molecule has 0 bridgehead atoms. The molecule has 1 aromatic carbocycles.